The molecule has 2 amide bonds. The largest absolute Gasteiger partial charge is 0.339 e. The van der Waals surface area contributed by atoms with E-state index >= 15 is 0 Å². The molecule has 6 nitrogen and oxygen atoms in total. The maximum atomic E-state index is 12.3. The molecule has 1 aromatic rings. The predicted octanol–water partition coefficient (Wildman–Crippen LogP) is 2.14. The number of anilines is 1. The molecule has 124 valence electrons. The molecular formula is C17H24N4O2. The summed E-state index contributed by atoms with van der Waals surface area (Å²) in [5.74, 6) is 0.538. The molecule has 0 spiro atoms. The average molecular weight is 316 g/mol. The number of hydrogen-bond acceptors (Lipinski definition) is 4. The van der Waals surface area contributed by atoms with Crippen molar-refractivity contribution < 1.29 is 9.59 Å². The number of piperidine rings is 1. The number of aromatic nitrogens is 2. The van der Waals surface area contributed by atoms with Crippen LogP contribution in [0, 0.1) is 5.92 Å². The van der Waals surface area contributed by atoms with E-state index < -0.39 is 0 Å². The van der Waals surface area contributed by atoms with Gasteiger partial charge in [-0.2, -0.15) is 0 Å². The Balaban J connectivity index is 1.90. The fourth-order valence-corrected chi connectivity index (χ4v) is 2.52. The molecule has 0 bridgehead atoms. The normalized spacial score (nSPS) is 16.0. The number of nitrogens with one attached hydrogen (secondary N) is 1. The lowest BCUT2D eigenvalue weighted by Gasteiger charge is -2.30. The first kappa shape index (κ1) is 17.1. The zero-order valence-electron chi connectivity index (χ0n) is 14.0. The molecule has 1 fully saturated rings. The number of nitrogens with zero attached hydrogens (tertiary/aromatic N) is 3. The van der Waals surface area contributed by atoms with E-state index in [1.165, 1.54) is 6.08 Å². The van der Waals surface area contributed by atoms with E-state index in [9.17, 15) is 9.59 Å². The Morgan fingerprint density at radius 1 is 1.26 bits per heavy atom. The van der Waals surface area contributed by atoms with Gasteiger partial charge in [0.25, 0.3) is 0 Å². The summed E-state index contributed by atoms with van der Waals surface area (Å²) in [6.07, 6.45) is 5.91. The Morgan fingerprint density at radius 3 is 2.30 bits per heavy atom. The second kappa shape index (κ2) is 6.89. The molecule has 0 aliphatic carbocycles. The second-order valence-electron chi connectivity index (χ2n) is 6.84. The third-order valence-corrected chi connectivity index (χ3v) is 3.94. The standard InChI is InChI=1S/C17H24N4O2/c1-5-14(22)21-8-6-12(7-9-21)15(23)20-13-10-18-16(19-11-13)17(2,3)4/h5,10-12H,1,6-9H2,2-4H3,(H,20,23). The zero-order valence-corrected chi connectivity index (χ0v) is 14.0. The van der Waals surface area contributed by atoms with E-state index in [1.807, 2.05) is 20.8 Å². The Hall–Kier alpha value is -2.24. The summed E-state index contributed by atoms with van der Waals surface area (Å²) in [6, 6.07) is 0. The van der Waals surface area contributed by atoms with E-state index in [4.69, 9.17) is 0 Å². The molecule has 0 saturated carbocycles. The lowest BCUT2D eigenvalue weighted by atomic mass is 9.95. The summed E-state index contributed by atoms with van der Waals surface area (Å²) < 4.78 is 0. The van der Waals surface area contributed by atoms with Crippen molar-refractivity contribution in [3.63, 3.8) is 0 Å². The number of carbonyl (C=O) groups is 2. The SMILES string of the molecule is C=CC(=O)N1CCC(C(=O)Nc2cnc(C(C)(C)C)nc2)CC1. The van der Waals surface area contributed by atoms with Crippen LogP contribution in [0.2, 0.25) is 0 Å². The number of likely N-dealkylation sites (tertiary alicyclic amines) is 1. The van der Waals surface area contributed by atoms with Gasteiger partial charge in [0.2, 0.25) is 11.8 Å². The van der Waals surface area contributed by atoms with Crippen molar-refractivity contribution in [3.05, 3.63) is 30.9 Å². The van der Waals surface area contributed by atoms with Crippen LogP contribution in [0.5, 0.6) is 0 Å². The van der Waals surface area contributed by atoms with Crippen molar-refractivity contribution in [2.45, 2.75) is 39.0 Å². The fraction of sp³-hybridized carbons (Fsp3) is 0.529. The number of hydrogen-bond donors (Lipinski definition) is 1. The Bertz CT molecular complexity index is 582. The summed E-state index contributed by atoms with van der Waals surface area (Å²) in [6.45, 7) is 10.8. The second-order valence-corrected chi connectivity index (χ2v) is 6.84. The minimum atomic E-state index is -0.118. The molecule has 1 N–H and O–H groups in total. The van der Waals surface area contributed by atoms with Crippen LogP contribution in [-0.2, 0) is 15.0 Å². The van der Waals surface area contributed by atoms with Crippen molar-refractivity contribution in [1.82, 2.24) is 14.9 Å². The smallest absolute Gasteiger partial charge is 0.245 e. The molecule has 0 unspecified atom stereocenters. The topological polar surface area (TPSA) is 75.2 Å². The summed E-state index contributed by atoms with van der Waals surface area (Å²) >= 11 is 0. The van der Waals surface area contributed by atoms with Crippen LogP contribution in [0.4, 0.5) is 5.69 Å². The molecule has 23 heavy (non-hydrogen) atoms. The number of amides is 2. The average Bonchev–Trinajstić information content (AvgIpc) is 2.54. The molecule has 0 aromatic carbocycles. The molecule has 2 heterocycles. The molecule has 1 saturated heterocycles. The predicted molar refractivity (Wildman–Crippen MR) is 88.9 cm³/mol. The van der Waals surface area contributed by atoms with E-state index in [0.717, 1.165) is 5.82 Å². The van der Waals surface area contributed by atoms with Crippen LogP contribution in [0.3, 0.4) is 0 Å². The fourth-order valence-electron chi connectivity index (χ4n) is 2.52. The van der Waals surface area contributed by atoms with Crippen LogP contribution < -0.4 is 5.32 Å². The van der Waals surface area contributed by atoms with Gasteiger partial charge >= 0.3 is 0 Å². The minimum Gasteiger partial charge on any atom is -0.339 e. The van der Waals surface area contributed by atoms with Gasteiger partial charge in [-0.05, 0) is 18.9 Å². The highest BCUT2D eigenvalue weighted by atomic mass is 16.2. The lowest BCUT2D eigenvalue weighted by Crippen LogP contribution is -2.40. The van der Waals surface area contributed by atoms with E-state index in [1.54, 1.807) is 17.3 Å². The van der Waals surface area contributed by atoms with Crippen molar-refractivity contribution in [3.8, 4) is 0 Å². The van der Waals surface area contributed by atoms with Crippen molar-refractivity contribution >= 4 is 17.5 Å². The number of rotatable bonds is 3. The minimum absolute atomic E-state index is 0.0391. The molecule has 0 atom stereocenters. The quantitative estimate of drug-likeness (QED) is 0.867. The van der Waals surface area contributed by atoms with Gasteiger partial charge in [-0.1, -0.05) is 27.4 Å². The maximum absolute atomic E-state index is 12.3. The van der Waals surface area contributed by atoms with Crippen molar-refractivity contribution in [1.29, 1.82) is 0 Å². The molecule has 1 aliphatic heterocycles. The lowest BCUT2D eigenvalue weighted by molar-refractivity contribution is -0.130. The summed E-state index contributed by atoms with van der Waals surface area (Å²) in [5.41, 5.74) is 0.486. The Morgan fingerprint density at radius 2 is 1.83 bits per heavy atom. The van der Waals surface area contributed by atoms with Gasteiger partial charge in [-0.3, -0.25) is 9.59 Å². The van der Waals surface area contributed by atoms with Crippen LogP contribution in [0.1, 0.15) is 39.4 Å². The zero-order chi connectivity index (χ0) is 17.0. The van der Waals surface area contributed by atoms with Crippen LogP contribution in [0.25, 0.3) is 0 Å². The molecular weight excluding hydrogens is 292 g/mol. The van der Waals surface area contributed by atoms with Gasteiger partial charge in [0.05, 0.1) is 18.1 Å². The first-order valence-electron chi connectivity index (χ1n) is 7.86. The van der Waals surface area contributed by atoms with Crippen LogP contribution in [-0.4, -0.2) is 39.8 Å². The molecule has 2 rings (SSSR count). The summed E-state index contributed by atoms with van der Waals surface area (Å²) in [7, 11) is 0. The van der Waals surface area contributed by atoms with Gasteiger partial charge in [-0.15, -0.1) is 0 Å². The van der Waals surface area contributed by atoms with Crippen molar-refractivity contribution in [2.24, 2.45) is 5.92 Å². The van der Waals surface area contributed by atoms with Gasteiger partial charge in [-0.25, -0.2) is 9.97 Å². The monoisotopic (exact) mass is 316 g/mol. The van der Waals surface area contributed by atoms with Gasteiger partial charge in [0.1, 0.15) is 5.82 Å². The van der Waals surface area contributed by atoms with E-state index in [2.05, 4.69) is 21.9 Å². The first-order valence-corrected chi connectivity index (χ1v) is 7.86. The third-order valence-electron chi connectivity index (χ3n) is 3.94. The highest BCUT2D eigenvalue weighted by Crippen LogP contribution is 2.21. The Labute approximate surface area is 137 Å². The third kappa shape index (κ3) is 4.37. The number of carbonyl (C=O) groups excluding carboxylic acids is 2. The molecule has 1 aromatic heterocycles. The van der Waals surface area contributed by atoms with Gasteiger partial charge < -0.3 is 10.2 Å². The van der Waals surface area contributed by atoms with Crippen molar-refractivity contribution in [2.75, 3.05) is 18.4 Å². The van der Waals surface area contributed by atoms with Gasteiger partial charge in [0.15, 0.2) is 0 Å². The molecule has 1 aliphatic rings. The van der Waals surface area contributed by atoms with E-state index in [-0.39, 0.29) is 23.1 Å². The van der Waals surface area contributed by atoms with Crippen LogP contribution in [0.15, 0.2) is 25.0 Å². The highest BCUT2D eigenvalue weighted by molar-refractivity contribution is 5.92. The highest BCUT2D eigenvalue weighted by Gasteiger charge is 2.26. The molecule has 6 heteroatoms. The Kier molecular flexibility index (Phi) is 5.13. The molecule has 0 radical (unpaired) electrons. The summed E-state index contributed by atoms with van der Waals surface area (Å²) in [4.78, 5) is 34.2. The van der Waals surface area contributed by atoms with Crippen LogP contribution >= 0.6 is 0 Å². The summed E-state index contributed by atoms with van der Waals surface area (Å²) in [5, 5.41) is 2.86. The first-order chi connectivity index (χ1) is 10.8. The maximum Gasteiger partial charge on any atom is 0.245 e. The van der Waals surface area contributed by atoms with Gasteiger partial charge in [0, 0.05) is 24.4 Å². The van der Waals surface area contributed by atoms with E-state index in [0.29, 0.717) is 31.6 Å².